The minimum atomic E-state index is -0.235. The molecule has 2 heterocycles. The summed E-state index contributed by atoms with van der Waals surface area (Å²) >= 11 is 0. The van der Waals surface area contributed by atoms with Crippen LogP contribution in [0.3, 0.4) is 0 Å². The second-order valence-corrected chi connectivity index (χ2v) is 6.49. The van der Waals surface area contributed by atoms with Gasteiger partial charge in [0.15, 0.2) is 0 Å². The van der Waals surface area contributed by atoms with E-state index in [9.17, 15) is 9.18 Å². The Morgan fingerprint density at radius 3 is 2.68 bits per heavy atom. The number of carbonyl (C=O) groups excluding carboxylic acids is 1. The van der Waals surface area contributed by atoms with Gasteiger partial charge in [-0.05, 0) is 49.2 Å². The number of aromatic amines is 1. The maximum Gasteiger partial charge on any atom is 0.254 e. The molecule has 0 spiro atoms. The van der Waals surface area contributed by atoms with E-state index >= 15 is 0 Å². The predicted molar refractivity (Wildman–Crippen MR) is 97.9 cm³/mol. The van der Waals surface area contributed by atoms with Crippen LogP contribution in [0.1, 0.15) is 27.9 Å². The lowest BCUT2D eigenvalue weighted by Gasteiger charge is -2.26. The molecule has 0 saturated carbocycles. The maximum atomic E-state index is 13.6. The van der Waals surface area contributed by atoms with Crippen molar-refractivity contribution in [3.05, 3.63) is 77.2 Å². The summed E-state index contributed by atoms with van der Waals surface area (Å²) in [4.78, 5) is 17.6. The van der Waals surface area contributed by atoms with E-state index in [0.717, 1.165) is 39.6 Å². The minimum Gasteiger partial charge on any atom is -0.361 e. The summed E-state index contributed by atoms with van der Waals surface area (Å²) in [7, 11) is 0. The van der Waals surface area contributed by atoms with Crippen LogP contribution in [0, 0.1) is 12.7 Å². The number of aromatic nitrogens is 1. The van der Waals surface area contributed by atoms with Crippen molar-refractivity contribution in [1.82, 2.24) is 9.88 Å². The standard InChI is InChI=1S/C21H19FN2O/c1-14-2-4-16(5-3-14)21(25)24-10-8-15(9-11-24)19-13-23-20-7-6-17(22)12-18(19)20/h2-8,12-13,23H,9-11H2,1H3. The SMILES string of the molecule is Cc1ccc(C(=O)N2CC=C(c3c[nH]c4ccc(F)cc34)CC2)cc1. The van der Waals surface area contributed by atoms with E-state index in [2.05, 4.69) is 11.1 Å². The normalized spacial score (nSPS) is 14.6. The Hall–Kier alpha value is -2.88. The van der Waals surface area contributed by atoms with Gasteiger partial charge in [-0.15, -0.1) is 0 Å². The highest BCUT2D eigenvalue weighted by atomic mass is 19.1. The maximum absolute atomic E-state index is 13.6. The number of carbonyl (C=O) groups is 1. The number of rotatable bonds is 2. The fourth-order valence-electron chi connectivity index (χ4n) is 3.34. The molecular weight excluding hydrogens is 315 g/mol. The van der Waals surface area contributed by atoms with E-state index < -0.39 is 0 Å². The zero-order valence-corrected chi connectivity index (χ0v) is 14.1. The first-order valence-electron chi connectivity index (χ1n) is 8.44. The Morgan fingerprint density at radius 1 is 1.16 bits per heavy atom. The first-order valence-corrected chi connectivity index (χ1v) is 8.44. The van der Waals surface area contributed by atoms with Crippen molar-refractivity contribution >= 4 is 22.4 Å². The molecule has 4 rings (SSSR count). The molecule has 0 unspecified atom stereocenters. The molecule has 0 atom stereocenters. The summed E-state index contributed by atoms with van der Waals surface area (Å²) in [6, 6.07) is 12.4. The Labute approximate surface area is 145 Å². The van der Waals surface area contributed by atoms with Crippen molar-refractivity contribution in [3.63, 3.8) is 0 Å². The fraction of sp³-hybridized carbons (Fsp3) is 0.190. The highest BCUT2D eigenvalue weighted by molar-refractivity contribution is 5.96. The van der Waals surface area contributed by atoms with Crippen LogP contribution in [-0.2, 0) is 0 Å². The molecule has 1 aromatic heterocycles. The Bertz CT molecular complexity index is 969. The third kappa shape index (κ3) is 2.95. The van der Waals surface area contributed by atoms with Crippen LogP contribution >= 0.6 is 0 Å². The van der Waals surface area contributed by atoms with E-state index in [1.807, 2.05) is 42.3 Å². The highest BCUT2D eigenvalue weighted by Crippen LogP contribution is 2.30. The number of amides is 1. The summed E-state index contributed by atoms with van der Waals surface area (Å²) in [5.74, 6) is -0.179. The Morgan fingerprint density at radius 2 is 1.96 bits per heavy atom. The lowest BCUT2D eigenvalue weighted by Crippen LogP contribution is -2.34. The van der Waals surface area contributed by atoms with Gasteiger partial charge in [0.2, 0.25) is 0 Å². The van der Waals surface area contributed by atoms with Crippen LogP contribution in [0.5, 0.6) is 0 Å². The molecule has 4 heteroatoms. The molecule has 1 amide bonds. The molecule has 3 nitrogen and oxygen atoms in total. The van der Waals surface area contributed by atoms with E-state index in [0.29, 0.717) is 13.1 Å². The van der Waals surface area contributed by atoms with Crippen molar-refractivity contribution in [1.29, 1.82) is 0 Å². The average molecular weight is 334 g/mol. The molecule has 0 bridgehead atoms. The van der Waals surface area contributed by atoms with Gasteiger partial charge < -0.3 is 9.88 Å². The van der Waals surface area contributed by atoms with Gasteiger partial charge in [0.05, 0.1) is 0 Å². The molecule has 1 aliphatic rings. The van der Waals surface area contributed by atoms with Crippen LogP contribution in [0.2, 0.25) is 0 Å². The lowest BCUT2D eigenvalue weighted by atomic mass is 9.98. The molecule has 1 aliphatic heterocycles. The fourth-order valence-corrected chi connectivity index (χ4v) is 3.34. The predicted octanol–water partition coefficient (Wildman–Crippen LogP) is 4.54. The van der Waals surface area contributed by atoms with Gasteiger partial charge in [-0.3, -0.25) is 4.79 Å². The number of nitrogens with zero attached hydrogens (tertiary/aromatic N) is 1. The highest BCUT2D eigenvalue weighted by Gasteiger charge is 2.20. The van der Waals surface area contributed by atoms with Crippen molar-refractivity contribution in [3.8, 4) is 0 Å². The second-order valence-electron chi connectivity index (χ2n) is 6.49. The second kappa shape index (κ2) is 6.20. The largest absolute Gasteiger partial charge is 0.361 e. The number of hydrogen-bond acceptors (Lipinski definition) is 1. The lowest BCUT2D eigenvalue weighted by molar-refractivity contribution is 0.0773. The average Bonchev–Trinajstić information content (AvgIpc) is 3.05. The van der Waals surface area contributed by atoms with Crippen molar-refractivity contribution in [2.24, 2.45) is 0 Å². The molecule has 2 aromatic carbocycles. The molecule has 0 aliphatic carbocycles. The van der Waals surface area contributed by atoms with Gasteiger partial charge in [0, 0.05) is 41.3 Å². The monoisotopic (exact) mass is 334 g/mol. The smallest absolute Gasteiger partial charge is 0.254 e. The van der Waals surface area contributed by atoms with Gasteiger partial charge in [-0.1, -0.05) is 23.8 Å². The van der Waals surface area contributed by atoms with Crippen LogP contribution < -0.4 is 0 Å². The number of nitrogens with one attached hydrogen (secondary N) is 1. The number of aryl methyl sites for hydroxylation is 1. The van der Waals surface area contributed by atoms with Crippen molar-refractivity contribution in [2.75, 3.05) is 13.1 Å². The zero-order valence-electron chi connectivity index (χ0n) is 14.1. The van der Waals surface area contributed by atoms with Crippen molar-refractivity contribution in [2.45, 2.75) is 13.3 Å². The topological polar surface area (TPSA) is 36.1 Å². The third-order valence-electron chi connectivity index (χ3n) is 4.78. The summed E-state index contributed by atoms with van der Waals surface area (Å²) in [6.45, 7) is 3.25. The van der Waals surface area contributed by atoms with Crippen LogP contribution in [0.15, 0.2) is 54.7 Å². The Kier molecular flexibility index (Phi) is 3.88. The number of hydrogen-bond donors (Lipinski definition) is 1. The van der Waals surface area contributed by atoms with E-state index in [-0.39, 0.29) is 11.7 Å². The summed E-state index contributed by atoms with van der Waals surface area (Å²) < 4.78 is 13.6. The van der Waals surface area contributed by atoms with Crippen molar-refractivity contribution < 1.29 is 9.18 Å². The summed E-state index contributed by atoms with van der Waals surface area (Å²) in [6.07, 6.45) is 4.76. The third-order valence-corrected chi connectivity index (χ3v) is 4.78. The minimum absolute atomic E-state index is 0.0558. The molecule has 0 saturated heterocycles. The quantitative estimate of drug-likeness (QED) is 0.733. The van der Waals surface area contributed by atoms with Gasteiger partial charge in [0.25, 0.3) is 5.91 Å². The first-order chi connectivity index (χ1) is 12.1. The molecule has 1 N–H and O–H groups in total. The summed E-state index contributed by atoms with van der Waals surface area (Å²) in [5, 5.41) is 0.893. The van der Waals surface area contributed by atoms with Gasteiger partial charge in [-0.25, -0.2) is 4.39 Å². The van der Waals surface area contributed by atoms with Crippen LogP contribution in [-0.4, -0.2) is 28.9 Å². The zero-order chi connectivity index (χ0) is 17.4. The molecule has 126 valence electrons. The molecule has 0 radical (unpaired) electrons. The number of benzene rings is 2. The van der Waals surface area contributed by atoms with Gasteiger partial charge in [-0.2, -0.15) is 0 Å². The number of fused-ring (bicyclic) bond motifs is 1. The molecular formula is C21H19FN2O. The van der Waals surface area contributed by atoms with E-state index in [1.165, 1.54) is 6.07 Å². The van der Waals surface area contributed by atoms with Gasteiger partial charge >= 0.3 is 0 Å². The van der Waals surface area contributed by atoms with E-state index in [1.54, 1.807) is 12.1 Å². The van der Waals surface area contributed by atoms with Crippen LogP contribution in [0.25, 0.3) is 16.5 Å². The summed E-state index contributed by atoms with van der Waals surface area (Å²) in [5.41, 5.74) is 4.97. The van der Waals surface area contributed by atoms with Crippen LogP contribution in [0.4, 0.5) is 4.39 Å². The van der Waals surface area contributed by atoms with Gasteiger partial charge in [0.1, 0.15) is 5.82 Å². The molecule has 25 heavy (non-hydrogen) atoms. The number of halogens is 1. The Balaban J connectivity index is 1.56. The van der Waals surface area contributed by atoms with E-state index in [4.69, 9.17) is 0 Å². The molecule has 3 aromatic rings. The molecule has 0 fully saturated rings. The number of H-pyrrole nitrogens is 1. The first kappa shape index (κ1) is 15.6.